The molecule has 0 fully saturated rings. The topological polar surface area (TPSA) is 38.1 Å². The molecular weight excluding hydrogens is 262 g/mol. The van der Waals surface area contributed by atoms with Crippen LogP contribution in [-0.2, 0) is 6.42 Å². The molecule has 0 aliphatic carbocycles. The van der Waals surface area contributed by atoms with Gasteiger partial charge in [-0.05, 0) is 37.5 Å². The molecule has 2 aromatic heterocycles. The minimum absolute atomic E-state index is 0.0879. The second kappa shape index (κ2) is 7.25. The first-order valence-electron chi connectivity index (χ1n) is 7.97. The molecule has 0 radical (unpaired) electrons. The zero-order valence-electron chi connectivity index (χ0n) is 13.3. The van der Waals surface area contributed by atoms with Gasteiger partial charge in [-0.15, -0.1) is 0 Å². The Hall–Kier alpha value is -1.84. The Morgan fingerprint density at radius 2 is 1.86 bits per heavy atom. The number of hydrogen-bond acceptors (Lipinski definition) is 3. The van der Waals surface area contributed by atoms with E-state index in [0.29, 0.717) is 0 Å². The molecule has 0 unspecified atom stereocenters. The second-order valence-corrected chi connectivity index (χ2v) is 5.41. The van der Waals surface area contributed by atoms with Gasteiger partial charge in [-0.3, -0.25) is 4.79 Å². The van der Waals surface area contributed by atoms with Gasteiger partial charge >= 0.3 is 0 Å². The molecule has 4 heteroatoms. The zero-order valence-corrected chi connectivity index (χ0v) is 13.3. The zero-order chi connectivity index (χ0) is 15.2. The number of aromatic nitrogens is 2. The maximum Gasteiger partial charge on any atom is 0.274 e. The van der Waals surface area contributed by atoms with Gasteiger partial charge in [-0.2, -0.15) is 0 Å². The van der Waals surface area contributed by atoms with E-state index in [9.17, 15) is 4.79 Å². The van der Waals surface area contributed by atoms with Crippen molar-refractivity contribution in [2.45, 2.75) is 46.5 Å². The maximum atomic E-state index is 12.8. The van der Waals surface area contributed by atoms with Crippen molar-refractivity contribution < 1.29 is 0 Å². The van der Waals surface area contributed by atoms with Gasteiger partial charge in [0.1, 0.15) is 0 Å². The highest BCUT2D eigenvalue weighted by molar-refractivity contribution is 5.75. The van der Waals surface area contributed by atoms with E-state index >= 15 is 0 Å². The smallest absolute Gasteiger partial charge is 0.274 e. The molecule has 114 valence electrons. The van der Waals surface area contributed by atoms with E-state index in [1.165, 1.54) is 0 Å². The van der Waals surface area contributed by atoms with E-state index in [-0.39, 0.29) is 5.56 Å². The molecule has 0 aliphatic heterocycles. The monoisotopic (exact) mass is 287 g/mol. The van der Waals surface area contributed by atoms with Crippen molar-refractivity contribution in [2.24, 2.45) is 0 Å². The van der Waals surface area contributed by atoms with Gasteiger partial charge in [0.2, 0.25) is 0 Å². The van der Waals surface area contributed by atoms with E-state index in [2.05, 4.69) is 30.8 Å². The summed E-state index contributed by atoms with van der Waals surface area (Å²) in [7, 11) is 0. The Kier molecular flexibility index (Phi) is 5.37. The molecular formula is C17H25N3O. The molecule has 0 saturated carbocycles. The third kappa shape index (κ3) is 3.26. The van der Waals surface area contributed by atoms with E-state index < -0.39 is 0 Å². The van der Waals surface area contributed by atoms with Crippen LogP contribution in [0.25, 0.3) is 11.0 Å². The van der Waals surface area contributed by atoms with E-state index in [0.717, 1.165) is 55.4 Å². The summed E-state index contributed by atoms with van der Waals surface area (Å²) in [6.45, 7) is 8.12. The van der Waals surface area contributed by atoms with Gasteiger partial charge in [0.15, 0.2) is 5.65 Å². The molecule has 0 bridgehead atoms. The number of hydrogen-bond donors (Lipinski definition) is 0. The minimum atomic E-state index is 0.0879. The number of aryl methyl sites for hydroxylation is 1. The lowest BCUT2D eigenvalue weighted by Crippen LogP contribution is -2.44. The normalized spacial score (nSPS) is 11.0. The van der Waals surface area contributed by atoms with Crippen molar-refractivity contribution in [1.29, 1.82) is 0 Å². The highest BCUT2D eigenvalue weighted by atomic mass is 16.1. The van der Waals surface area contributed by atoms with Gasteiger partial charge in [-0.25, -0.2) is 9.66 Å². The SMILES string of the molecule is CCCc1cc2cccnc2n(N(CCC)CCC)c1=O. The molecule has 21 heavy (non-hydrogen) atoms. The first kappa shape index (κ1) is 15.5. The van der Waals surface area contributed by atoms with Crippen molar-refractivity contribution in [3.05, 3.63) is 40.3 Å². The Morgan fingerprint density at radius 3 is 2.48 bits per heavy atom. The van der Waals surface area contributed by atoms with Crippen LogP contribution in [0, 0.1) is 0 Å². The Balaban J connectivity index is 2.67. The number of rotatable bonds is 7. The molecule has 2 aromatic rings. The summed E-state index contributed by atoms with van der Waals surface area (Å²) in [5.41, 5.74) is 1.74. The van der Waals surface area contributed by atoms with E-state index in [1.54, 1.807) is 10.9 Å². The maximum absolute atomic E-state index is 12.8. The van der Waals surface area contributed by atoms with Crippen molar-refractivity contribution in [3.63, 3.8) is 0 Å². The summed E-state index contributed by atoms with van der Waals surface area (Å²) in [5, 5.41) is 3.18. The average Bonchev–Trinajstić information content (AvgIpc) is 2.48. The lowest BCUT2D eigenvalue weighted by Gasteiger charge is -2.27. The van der Waals surface area contributed by atoms with Crippen LogP contribution in [0.1, 0.15) is 45.6 Å². The Labute approximate surface area is 126 Å². The summed E-state index contributed by atoms with van der Waals surface area (Å²) in [4.78, 5) is 17.3. The lowest BCUT2D eigenvalue weighted by atomic mass is 10.1. The first-order chi connectivity index (χ1) is 10.2. The molecule has 0 amide bonds. The fourth-order valence-electron chi connectivity index (χ4n) is 2.72. The number of nitrogens with zero attached hydrogens (tertiary/aromatic N) is 3. The van der Waals surface area contributed by atoms with Crippen molar-refractivity contribution in [3.8, 4) is 0 Å². The summed E-state index contributed by atoms with van der Waals surface area (Å²) in [6.07, 6.45) is 5.57. The molecule has 0 atom stereocenters. The fourth-order valence-corrected chi connectivity index (χ4v) is 2.72. The van der Waals surface area contributed by atoms with Crippen LogP contribution < -0.4 is 10.6 Å². The fraction of sp³-hybridized carbons (Fsp3) is 0.529. The van der Waals surface area contributed by atoms with E-state index in [1.807, 2.05) is 18.2 Å². The first-order valence-corrected chi connectivity index (χ1v) is 7.97. The predicted octanol–water partition coefficient (Wildman–Crippen LogP) is 3.11. The summed E-state index contributed by atoms with van der Waals surface area (Å²) in [5.74, 6) is 0. The highest BCUT2D eigenvalue weighted by Crippen LogP contribution is 2.13. The minimum Gasteiger partial charge on any atom is -0.308 e. The standard InChI is InChI=1S/C17H25N3O/c1-4-8-15-13-14-9-7-10-18-16(14)20(17(15)21)19(11-5-2)12-6-3/h7,9-10,13H,4-6,8,11-12H2,1-3H3. The van der Waals surface area contributed by atoms with Crippen LogP contribution in [0.3, 0.4) is 0 Å². The van der Waals surface area contributed by atoms with Crippen LogP contribution in [0.15, 0.2) is 29.2 Å². The molecule has 0 spiro atoms. The molecule has 0 aliphatic rings. The third-order valence-electron chi connectivity index (χ3n) is 3.58. The van der Waals surface area contributed by atoms with Crippen LogP contribution in [-0.4, -0.2) is 22.7 Å². The third-order valence-corrected chi connectivity index (χ3v) is 3.58. The lowest BCUT2D eigenvalue weighted by molar-refractivity contribution is 0.562. The van der Waals surface area contributed by atoms with Crippen LogP contribution in [0.2, 0.25) is 0 Å². The van der Waals surface area contributed by atoms with Crippen LogP contribution >= 0.6 is 0 Å². The van der Waals surface area contributed by atoms with Gasteiger partial charge in [0.05, 0.1) is 0 Å². The molecule has 0 aromatic carbocycles. The summed E-state index contributed by atoms with van der Waals surface area (Å²) < 4.78 is 1.80. The Bertz CT molecular complexity index is 642. The van der Waals surface area contributed by atoms with Crippen molar-refractivity contribution in [2.75, 3.05) is 18.1 Å². The average molecular weight is 287 g/mol. The number of fused-ring (bicyclic) bond motifs is 1. The van der Waals surface area contributed by atoms with Gasteiger partial charge in [-0.1, -0.05) is 27.2 Å². The molecule has 4 nitrogen and oxygen atoms in total. The van der Waals surface area contributed by atoms with Crippen molar-refractivity contribution in [1.82, 2.24) is 9.66 Å². The van der Waals surface area contributed by atoms with Gasteiger partial charge < -0.3 is 5.01 Å². The predicted molar refractivity (Wildman–Crippen MR) is 88.5 cm³/mol. The molecule has 2 heterocycles. The second-order valence-electron chi connectivity index (χ2n) is 5.41. The van der Waals surface area contributed by atoms with Crippen molar-refractivity contribution >= 4 is 11.0 Å². The summed E-state index contributed by atoms with van der Waals surface area (Å²) in [6, 6.07) is 5.96. The van der Waals surface area contributed by atoms with Crippen LogP contribution in [0.4, 0.5) is 0 Å². The summed E-state index contributed by atoms with van der Waals surface area (Å²) >= 11 is 0. The Morgan fingerprint density at radius 1 is 1.14 bits per heavy atom. The molecule has 2 rings (SSSR count). The highest BCUT2D eigenvalue weighted by Gasteiger charge is 2.14. The van der Waals surface area contributed by atoms with Gasteiger partial charge in [0, 0.05) is 30.2 Å². The van der Waals surface area contributed by atoms with Gasteiger partial charge in [0.25, 0.3) is 5.56 Å². The largest absolute Gasteiger partial charge is 0.308 e. The van der Waals surface area contributed by atoms with E-state index in [4.69, 9.17) is 0 Å². The quantitative estimate of drug-likeness (QED) is 0.785. The molecule has 0 N–H and O–H groups in total. The molecule has 0 saturated heterocycles. The van der Waals surface area contributed by atoms with Crippen LogP contribution in [0.5, 0.6) is 0 Å². The number of pyridine rings is 2.